The second-order valence-electron chi connectivity index (χ2n) is 9.13. The van der Waals surface area contributed by atoms with Gasteiger partial charge in [0.1, 0.15) is 23.1 Å². The summed E-state index contributed by atoms with van der Waals surface area (Å²) in [6, 6.07) is 15.4. The van der Waals surface area contributed by atoms with Crippen molar-refractivity contribution < 1.29 is 23.5 Å². The number of ether oxygens (including phenoxy) is 2. The molecule has 0 aliphatic carbocycles. The molecule has 0 saturated heterocycles. The van der Waals surface area contributed by atoms with Crippen LogP contribution in [0.1, 0.15) is 48.4 Å². The molecule has 208 valence electrons. The third-order valence-electron chi connectivity index (χ3n) is 5.73. The molecule has 4 rings (SSSR count). The molecule has 0 radical (unpaired) electrons. The number of esters is 1. The first-order valence-corrected chi connectivity index (χ1v) is 12.8. The maximum absolute atomic E-state index is 14.9. The zero-order valence-corrected chi connectivity index (χ0v) is 22.7. The Hall–Kier alpha value is -4.77. The lowest BCUT2D eigenvalue weighted by Gasteiger charge is -2.12. The number of hydrogen-bond acceptors (Lipinski definition) is 7. The van der Waals surface area contributed by atoms with Crippen LogP contribution in [0.5, 0.6) is 11.5 Å². The summed E-state index contributed by atoms with van der Waals surface area (Å²) in [5.41, 5.74) is 2.37. The lowest BCUT2D eigenvalue weighted by molar-refractivity contribution is 0.0526. The minimum Gasteiger partial charge on any atom is -0.462 e. The first-order chi connectivity index (χ1) is 19.3. The lowest BCUT2D eigenvalue weighted by atomic mass is 10.1. The van der Waals surface area contributed by atoms with Crippen molar-refractivity contribution >= 4 is 23.5 Å². The molecule has 0 saturated carbocycles. The third kappa shape index (κ3) is 7.00. The van der Waals surface area contributed by atoms with E-state index in [2.05, 4.69) is 26.0 Å². The van der Waals surface area contributed by atoms with Crippen molar-refractivity contribution in [1.82, 2.24) is 20.1 Å². The van der Waals surface area contributed by atoms with Crippen molar-refractivity contribution in [2.75, 3.05) is 24.3 Å². The summed E-state index contributed by atoms with van der Waals surface area (Å²) in [5.74, 6) is 0.0646. The van der Waals surface area contributed by atoms with E-state index in [1.165, 1.54) is 16.8 Å². The van der Waals surface area contributed by atoms with Crippen LogP contribution in [0.4, 0.5) is 20.7 Å². The molecule has 10 nitrogen and oxygen atoms in total. The van der Waals surface area contributed by atoms with Gasteiger partial charge in [0.2, 0.25) is 0 Å². The number of amides is 2. The van der Waals surface area contributed by atoms with Gasteiger partial charge >= 0.3 is 12.0 Å². The van der Waals surface area contributed by atoms with Gasteiger partial charge in [-0.3, -0.25) is 10.3 Å². The van der Waals surface area contributed by atoms with Gasteiger partial charge in [-0.2, -0.15) is 5.10 Å². The Morgan fingerprint density at radius 1 is 1.02 bits per heavy atom. The Kier molecular flexibility index (Phi) is 9.07. The monoisotopic (exact) mass is 546 g/mol. The number of pyridine rings is 1. The van der Waals surface area contributed by atoms with Crippen LogP contribution in [0.3, 0.4) is 0 Å². The van der Waals surface area contributed by atoms with Crippen molar-refractivity contribution in [3.63, 3.8) is 0 Å². The normalized spacial score (nSPS) is 10.8. The zero-order valence-electron chi connectivity index (χ0n) is 22.7. The van der Waals surface area contributed by atoms with Gasteiger partial charge in [-0.1, -0.05) is 19.9 Å². The quantitative estimate of drug-likeness (QED) is 0.213. The summed E-state index contributed by atoms with van der Waals surface area (Å²) in [4.78, 5) is 29.3. The van der Waals surface area contributed by atoms with Crippen molar-refractivity contribution in [1.29, 1.82) is 0 Å². The highest BCUT2D eigenvalue weighted by Gasteiger charge is 2.17. The summed E-state index contributed by atoms with van der Waals surface area (Å²) >= 11 is 0. The van der Waals surface area contributed by atoms with Gasteiger partial charge in [-0.15, -0.1) is 0 Å². The summed E-state index contributed by atoms with van der Waals surface area (Å²) < 4.78 is 27.2. The Morgan fingerprint density at radius 3 is 2.55 bits per heavy atom. The van der Waals surface area contributed by atoms with Gasteiger partial charge in [0, 0.05) is 30.9 Å². The molecule has 3 N–H and O–H groups in total. The standard InChI is InChI=1S/C29H31FN6O4/c1-5-39-28(37)19-7-6-8-21(13-19)36-27(16-26(35-36)18(2)3)34-29(38)33-25-10-9-22(15-24(25)30)40-23-11-12-32-20(14-23)17-31-4/h6-16,18,31H,5,17H2,1-4H3,(H2,33,34,38). The van der Waals surface area contributed by atoms with E-state index >= 15 is 0 Å². The van der Waals surface area contributed by atoms with E-state index in [-0.39, 0.29) is 24.0 Å². The minimum atomic E-state index is -0.671. The average Bonchev–Trinajstić information content (AvgIpc) is 3.35. The highest BCUT2D eigenvalue weighted by Crippen LogP contribution is 2.27. The van der Waals surface area contributed by atoms with Crippen LogP contribution >= 0.6 is 0 Å². The second-order valence-corrected chi connectivity index (χ2v) is 9.13. The predicted octanol–water partition coefficient (Wildman–Crippen LogP) is 5.86. The van der Waals surface area contributed by atoms with Crippen LogP contribution in [-0.4, -0.2) is 40.4 Å². The molecule has 0 aliphatic rings. The molecule has 0 aliphatic heterocycles. The third-order valence-corrected chi connectivity index (χ3v) is 5.73. The Labute approximate surface area is 231 Å². The number of urea groups is 1. The molecule has 11 heteroatoms. The molecule has 40 heavy (non-hydrogen) atoms. The Bertz CT molecular complexity index is 1500. The average molecular weight is 547 g/mol. The number of halogens is 1. The number of benzene rings is 2. The molecular formula is C29H31FN6O4. The maximum atomic E-state index is 14.9. The summed E-state index contributed by atoms with van der Waals surface area (Å²) in [5, 5.41) is 12.9. The Morgan fingerprint density at radius 2 is 1.82 bits per heavy atom. The zero-order chi connectivity index (χ0) is 28.6. The number of carbonyl (C=O) groups is 2. The number of hydrogen-bond donors (Lipinski definition) is 3. The van der Waals surface area contributed by atoms with Crippen molar-refractivity contribution in [2.45, 2.75) is 33.2 Å². The van der Waals surface area contributed by atoms with Gasteiger partial charge in [0.15, 0.2) is 0 Å². The van der Waals surface area contributed by atoms with E-state index in [4.69, 9.17) is 9.47 Å². The molecule has 2 aromatic carbocycles. The fourth-order valence-electron chi connectivity index (χ4n) is 3.81. The van der Waals surface area contributed by atoms with Crippen LogP contribution in [0, 0.1) is 5.82 Å². The minimum absolute atomic E-state index is 0.0325. The number of nitrogens with zero attached hydrogens (tertiary/aromatic N) is 3. The molecule has 0 bridgehead atoms. The maximum Gasteiger partial charge on any atom is 0.338 e. The summed E-state index contributed by atoms with van der Waals surface area (Å²) in [6.45, 7) is 6.49. The number of rotatable bonds is 10. The van der Waals surface area contributed by atoms with E-state index in [1.807, 2.05) is 20.9 Å². The molecule has 0 unspecified atom stereocenters. The number of nitrogens with one attached hydrogen (secondary N) is 3. The van der Waals surface area contributed by atoms with Crippen LogP contribution < -0.4 is 20.7 Å². The van der Waals surface area contributed by atoms with Crippen LogP contribution in [0.2, 0.25) is 0 Å². The number of anilines is 2. The molecular weight excluding hydrogens is 515 g/mol. The van der Waals surface area contributed by atoms with Crippen molar-refractivity contribution in [3.8, 4) is 17.2 Å². The molecule has 4 aromatic rings. The largest absolute Gasteiger partial charge is 0.462 e. The highest BCUT2D eigenvalue weighted by molar-refractivity contribution is 5.99. The molecule has 2 heterocycles. The van der Waals surface area contributed by atoms with Crippen molar-refractivity contribution in [2.24, 2.45) is 0 Å². The fourth-order valence-corrected chi connectivity index (χ4v) is 3.81. The van der Waals surface area contributed by atoms with Crippen LogP contribution in [0.25, 0.3) is 5.69 Å². The van der Waals surface area contributed by atoms with Crippen LogP contribution in [-0.2, 0) is 11.3 Å². The van der Waals surface area contributed by atoms with E-state index < -0.39 is 17.8 Å². The van der Waals surface area contributed by atoms with Crippen LogP contribution in [0.15, 0.2) is 66.9 Å². The molecule has 2 aromatic heterocycles. The Balaban J connectivity index is 1.50. The van der Waals surface area contributed by atoms with E-state index in [0.29, 0.717) is 29.4 Å². The highest BCUT2D eigenvalue weighted by atomic mass is 19.1. The van der Waals surface area contributed by atoms with E-state index in [9.17, 15) is 14.0 Å². The van der Waals surface area contributed by atoms with E-state index in [1.54, 1.807) is 61.7 Å². The molecule has 0 fully saturated rings. The molecule has 0 spiro atoms. The smallest absolute Gasteiger partial charge is 0.338 e. The fraction of sp³-hybridized carbons (Fsp3) is 0.241. The second kappa shape index (κ2) is 12.9. The molecule has 0 atom stereocenters. The first kappa shape index (κ1) is 28.2. The van der Waals surface area contributed by atoms with Crippen molar-refractivity contribution in [3.05, 3.63) is 89.6 Å². The number of carbonyl (C=O) groups excluding carboxylic acids is 2. The van der Waals surface area contributed by atoms with Gasteiger partial charge in [-0.25, -0.2) is 18.7 Å². The predicted molar refractivity (Wildman–Crippen MR) is 150 cm³/mol. The number of aromatic nitrogens is 3. The topological polar surface area (TPSA) is 119 Å². The van der Waals surface area contributed by atoms with Gasteiger partial charge in [0.25, 0.3) is 0 Å². The summed E-state index contributed by atoms with van der Waals surface area (Å²) in [6.07, 6.45) is 1.61. The first-order valence-electron chi connectivity index (χ1n) is 12.8. The van der Waals surface area contributed by atoms with Gasteiger partial charge in [-0.05, 0) is 56.3 Å². The van der Waals surface area contributed by atoms with Gasteiger partial charge in [0.05, 0.1) is 34.9 Å². The SMILES string of the molecule is CCOC(=O)c1cccc(-n2nc(C(C)C)cc2NC(=O)Nc2ccc(Oc3ccnc(CNC)c3)cc2F)c1. The molecule has 2 amide bonds. The summed E-state index contributed by atoms with van der Waals surface area (Å²) in [7, 11) is 1.81. The van der Waals surface area contributed by atoms with E-state index in [0.717, 1.165) is 11.4 Å². The lowest BCUT2D eigenvalue weighted by Crippen LogP contribution is -2.22. The van der Waals surface area contributed by atoms with Gasteiger partial charge < -0.3 is 20.1 Å².